The summed E-state index contributed by atoms with van der Waals surface area (Å²) in [6, 6.07) is -0.530. The van der Waals surface area contributed by atoms with Crippen LogP contribution in [0.3, 0.4) is 0 Å². The van der Waals surface area contributed by atoms with Gasteiger partial charge in [0, 0.05) is 13.5 Å². The lowest BCUT2D eigenvalue weighted by Gasteiger charge is -2.29. The number of hydrogen-bond donors (Lipinski definition) is 2. The number of aryl methyl sites for hydroxylation is 1. The number of imide groups is 1. The zero-order valence-corrected chi connectivity index (χ0v) is 13.0. The van der Waals surface area contributed by atoms with Crippen molar-refractivity contribution in [3.05, 3.63) is 16.8 Å². The van der Waals surface area contributed by atoms with Crippen LogP contribution in [0.2, 0.25) is 0 Å². The predicted molar refractivity (Wildman–Crippen MR) is 81.8 cm³/mol. The predicted octanol–water partition coefficient (Wildman–Crippen LogP) is 0.287. The van der Waals surface area contributed by atoms with Gasteiger partial charge < -0.3 is 11.1 Å². The number of nitrogens with one attached hydrogen (secondary N) is 1. The molecule has 112 valence electrons. The Balaban J connectivity index is 2.32. The van der Waals surface area contributed by atoms with Gasteiger partial charge in [-0.3, -0.25) is 14.5 Å². The molecule has 1 saturated heterocycles. The Morgan fingerprint density at radius 3 is 2.67 bits per heavy atom. The van der Waals surface area contributed by atoms with Crippen molar-refractivity contribution in [1.29, 1.82) is 0 Å². The number of thiocarbonyl (C=S) groups is 1. The first-order valence-electron chi connectivity index (χ1n) is 6.53. The van der Waals surface area contributed by atoms with E-state index in [4.69, 9.17) is 18.0 Å². The van der Waals surface area contributed by atoms with Gasteiger partial charge in [-0.1, -0.05) is 12.2 Å². The van der Waals surface area contributed by atoms with Crippen LogP contribution in [-0.2, 0) is 9.59 Å². The Morgan fingerprint density at radius 1 is 1.38 bits per heavy atom. The smallest absolute Gasteiger partial charge is 0.251 e. The van der Waals surface area contributed by atoms with Crippen LogP contribution in [0.25, 0.3) is 0 Å². The molecule has 1 aromatic heterocycles. The maximum Gasteiger partial charge on any atom is 0.251 e. The first-order valence-corrected chi connectivity index (χ1v) is 6.94. The van der Waals surface area contributed by atoms with E-state index in [1.807, 2.05) is 13.8 Å². The van der Waals surface area contributed by atoms with Gasteiger partial charge in [-0.05, 0) is 25.8 Å². The minimum absolute atomic E-state index is 0.182. The van der Waals surface area contributed by atoms with Gasteiger partial charge in [-0.2, -0.15) is 5.10 Å². The third kappa shape index (κ3) is 2.85. The second kappa shape index (κ2) is 5.72. The Labute approximate surface area is 127 Å². The standard InChI is InChI=1S/C13H17N5O2S/c1-6-7(2)16-17-12(10(6)11(14)21)15-8-4-5-9(19)18(3)13(8)20/h8H,4-5H2,1-3H3,(H2,14,21)(H,15,17). The molecule has 2 heterocycles. The Bertz CT molecular complexity index is 631. The zero-order valence-electron chi connectivity index (χ0n) is 12.1. The number of nitrogens with two attached hydrogens (primary N) is 1. The number of likely N-dealkylation sites (N-methyl/N-ethyl adjacent to an activating group) is 1. The summed E-state index contributed by atoms with van der Waals surface area (Å²) in [5.74, 6) is -0.0920. The van der Waals surface area contributed by atoms with E-state index < -0.39 is 6.04 Å². The van der Waals surface area contributed by atoms with Crippen LogP contribution in [0.15, 0.2) is 0 Å². The lowest BCUT2D eigenvalue weighted by molar-refractivity contribution is -0.146. The van der Waals surface area contributed by atoms with Crippen molar-refractivity contribution < 1.29 is 9.59 Å². The largest absolute Gasteiger partial charge is 0.389 e. The molecule has 1 aliphatic rings. The van der Waals surface area contributed by atoms with Crippen molar-refractivity contribution in [2.45, 2.75) is 32.7 Å². The van der Waals surface area contributed by atoms with Crippen LogP contribution in [-0.4, -0.2) is 45.0 Å². The number of rotatable bonds is 3. The lowest BCUT2D eigenvalue weighted by atomic mass is 10.0. The van der Waals surface area contributed by atoms with Crippen molar-refractivity contribution in [2.24, 2.45) is 5.73 Å². The summed E-state index contributed by atoms with van der Waals surface area (Å²) in [6.07, 6.45) is 0.716. The summed E-state index contributed by atoms with van der Waals surface area (Å²) >= 11 is 5.06. The molecule has 0 radical (unpaired) electrons. The Kier molecular flexibility index (Phi) is 4.17. The van der Waals surface area contributed by atoms with E-state index in [9.17, 15) is 9.59 Å². The highest BCUT2D eigenvalue weighted by Gasteiger charge is 2.32. The maximum absolute atomic E-state index is 12.1. The molecule has 3 N–H and O–H groups in total. The minimum atomic E-state index is -0.530. The van der Waals surface area contributed by atoms with Crippen LogP contribution in [0.5, 0.6) is 0 Å². The van der Waals surface area contributed by atoms with Crippen molar-refractivity contribution in [3.8, 4) is 0 Å². The first kappa shape index (κ1) is 15.3. The number of carbonyl (C=O) groups excluding carboxylic acids is 2. The SMILES string of the molecule is Cc1nnc(NC2CCC(=O)N(C)C2=O)c(C(N)=S)c1C. The summed E-state index contributed by atoms with van der Waals surface area (Å²) in [4.78, 5) is 24.9. The quantitative estimate of drug-likeness (QED) is 0.611. The van der Waals surface area contributed by atoms with Gasteiger partial charge in [0.25, 0.3) is 5.91 Å². The highest BCUT2D eigenvalue weighted by Crippen LogP contribution is 2.22. The lowest BCUT2D eigenvalue weighted by Crippen LogP contribution is -2.48. The molecule has 7 nitrogen and oxygen atoms in total. The monoisotopic (exact) mass is 307 g/mol. The summed E-state index contributed by atoms with van der Waals surface area (Å²) in [5.41, 5.74) is 7.89. The average molecular weight is 307 g/mol. The number of hydrogen-bond acceptors (Lipinski definition) is 6. The summed E-state index contributed by atoms with van der Waals surface area (Å²) in [5, 5.41) is 11.1. The second-order valence-corrected chi connectivity index (χ2v) is 5.46. The second-order valence-electron chi connectivity index (χ2n) is 5.02. The number of carbonyl (C=O) groups is 2. The van der Waals surface area contributed by atoms with Crippen molar-refractivity contribution in [1.82, 2.24) is 15.1 Å². The van der Waals surface area contributed by atoms with E-state index >= 15 is 0 Å². The number of likely N-dealkylation sites (tertiary alicyclic amines) is 1. The summed E-state index contributed by atoms with van der Waals surface area (Å²) < 4.78 is 0. The average Bonchev–Trinajstić information content (AvgIpc) is 2.43. The normalized spacial score (nSPS) is 18.8. The van der Waals surface area contributed by atoms with Gasteiger partial charge in [-0.25, -0.2) is 0 Å². The molecular formula is C13H17N5O2S. The van der Waals surface area contributed by atoms with Crippen LogP contribution in [0.1, 0.15) is 29.7 Å². The van der Waals surface area contributed by atoms with Gasteiger partial charge in [0.2, 0.25) is 5.91 Å². The van der Waals surface area contributed by atoms with Gasteiger partial charge in [0.1, 0.15) is 11.0 Å². The van der Waals surface area contributed by atoms with Crippen molar-refractivity contribution >= 4 is 34.8 Å². The molecule has 0 saturated carbocycles. The van der Waals surface area contributed by atoms with E-state index in [-0.39, 0.29) is 16.8 Å². The molecule has 0 aliphatic carbocycles. The highest BCUT2D eigenvalue weighted by atomic mass is 32.1. The van der Waals surface area contributed by atoms with Gasteiger partial charge >= 0.3 is 0 Å². The zero-order chi connectivity index (χ0) is 15.7. The van der Waals surface area contributed by atoms with E-state index in [1.165, 1.54) is 7.05 Å². The molecule has 1 aromatic rings. The van der Waals surface area contributed by atoms with Crippen molar-refractivity contribution in [3.63, 3.8) is 0 Å². The topological polar surface area (TPSA) is 101 Å². The molecule has 1 unspecified atom stereocenters. The van der Waals surface area contributed by atoms with Crippen LogP contribution < -0.4 is 11.1 Å². The number of amides is 2. The molecule has 0 aromatic carbocycles. The fraction of sp³-hybridized carbons (Fsp3) is 0.462. The van der Waals surface area contributed by atoms with Crippen LogP contribution in [0.4, 0.5) is 5.82 Å². The maximum atomic E-state index is 12.1. The van der Waals surface area contributed by atoms with E-state index in [0.29, 0.717) is 24.2 Å². The molecule has 0 spiro atoms. The van der Waals surface area contributed by atoms with Crippen LogP contribution in [0, 0.1) is 13.8 Å². The number of aromatic nitrogens is 2. The Hall–Kier alpha value is -2.09. The molecule has 2 rings (SSSR count). The van der Waals surface area contributed by atoms with Gasteiger partial charge in [0.05, 0.1) is 11.3 Å². The Morgan fingerprint density at radius 2 is 2.05 bits per heavy atom. The molecule has 1 fully saturated rings. The molecular weight excluding hydrogens is 290 g/mol. The van der Waals surface area contributed by atoms with E-state index in [1.54, 1.807) is 0 Å². The fourth-order valence-electron chi connectivity index (χ4n) is 2.23. The van der Waals surface area contributed by atoms with Crippen molar-refractivity contribution in [2.75, 3.05) is 12.4 Å². The highest BCUT2D eigenvalue weighted by molar-refractivity contribution is 7.80. The molecule has 1 atom stereocenters. The summed E-state index contributed by atoms with van der Waals surface area (Å²) in [6.45, 7) is 3.66. The summed E-state index contributed by atoms with van der Waals surface area (Å²) in [7, 11) is 1.47. The molecule has 1 aliphatic heterocycles. The molecule has 2 amide bonds. The molecule has 0 bridgehead atoms. The number of anilines is 1. The minimum Gasteiger partial charge on any atom is -0.389 e. The van der Waals surface area contributed by atoms with E-state index in [2.05, 4.69) is 15.5 Å². The number of piperidine rings is 1. The van der Waals surface area contributed by atoms with E-state index in [0.717, 1.165) is 16.2 Å². The molecule has 21 heavy (non-hydrogen) atoms. The third-order valence-corrected chi connectivity index (χ3v) is 3.87. The fourth-order valence-corrected chi connectivity index (χ4v) is 2.48. The van der Waals surface area contributed by atoms with Crippen LogP contribution >= 0.6 is 12.2 Å². The van der Waals surface area contributed by atoms with Gasteiger partial charge in [0.15, 0.2) is 5.82 Å². The number of nitrogens with zero attached hydrogens (tertiary/aromatic N) is 3. The molecule has 8 heteroatoms. The third-order valence-electron chi connectivity index (χ3n) is 3.66. The first-order chi connectivity index (χ1) is 9.82. The van der Waals surface area contributed by atoms with Gasteiger partial charge in [-0.15, -0.1) is 5.10 Å².